The zero-order chi connectivity index (χ0) is 21.2. The minimum atomic E-state index is -0.197. The summed E-state index contributed by atoms with van der Waals surface area (Å²) in [6, 6.07) is 16.5. The van der Waals surface area contributed by atoms with Crippen LogP contribution in [-0.4, -0.2) is 35.2 Å². The molecule has 2 bridgehead atoms. The molecule has 2 unspecified atom stereocenters. The third-order valence-electron chi connectivity index (χ3n) is 7.62. The van der Waals surface area contributed by atoms with Crippen LogP contribution < -0.4 is 0 Å². The molecule has 4 nitrogen and oxygen atoms in total. The number of benzene rings is 2. The van der Waals surface area contributed by atoms with Crippen molar-refractivity contribution in [2.45, 2.75) is 63.5 Å². The highest BCUT2D eigenvalue weighted by atomic mass is 16.5. The molecule has 0 amide bonds. The first-order valence-electron chi connectivity index (χ1n) is 11.9. The molecule has 2 aromatic rings. The van der Waals surface area contributed by atoms with E-state index >= 15 is 0 Å². The summed E-state index contributed by atoms with van der Waals surface area (Å²) >= 11 is 0. The van der Waals surface area contributed by atoms with Gasteiger partial charge in [-0.1, -0.05) is 61.4 Å². The molecule has 1 aliphatic heterocycles. The van der Waals surface area contributed by atoms with Gasteiger partial charge in [-0.2, -0.15) is 0 Å². The number of hydrogen-bond acceptors (Lipinski definition) is 4. The van der Waals surface area contributed by atoms with E-state index in [1.807, 2.05) is 18.2 Å². The molecule has 2 atom stereocenters. The van der Waals surface area contributed by atoms with Crippen molar-refractivity contribution < 1.29 is 14.6 Å². The van der Waals surface area contributed by atoms with Crippen molar-refractivity contribution in [3.63, 3.8) is 0 Å². The number of phenolic OH excluding ortho intramolecular Hbond substituents is 1. The van der Waals surface area contributed by atoms with Crippen molar-refractivity contribution in [2.75, 3.05) is 13.1 Å². The number of carbonyl (C=O) groups excluding carboxylic acids is 1. The Labute approximate surface area is 185 Å². The van der Waals surface area contributed by atoms with E-state index in [1.54, 1.807) is 0 Å². The Morgan fingerprint density at radius 3 is 2.35 bits per heavy atom. The van der Waals surface area contributed by atoms with Gasteiger partial charge in [0, 0.05) is 37.0 Å². The fourth-order valence-electron chi connectivity index (χ4n) is 6.10. The number of ether oxygens (including phenoxy) is 1. The average molecular weight is 420 g/mol. The Hall–Kier alpha value is -2.33. The maximum Gasteiger partial charge on any atom is 0.310 e. The van der Waals surface area contributed by atoms with Crippen molar-refractivity contribution in [1.82, 2.24) is 4.90 Å². The molecule has 0 aromatic heterocycles. The van der Waals surface area contributed by atoms with Gasteiger partial charge in [0.05, 0.1) is 6.42 Å². The van der Waals surface area contributed by atoms with Crippen LogP contribution in [0.5, 0.6) is 5.75 Å². The molecule has 5 rings (SSSR count). The van der Waals surface area contributed by atoms with Gasteiger partial charge >= 0.3 is 5.97 Å². The van der Waals surface area contributed by atoms with Crippen LogP contribution in [0.1, 0.15) is 61.1 Å². The number of rotatable bonds is 6. The Morgan fingerprint density at radius 1 is 0.935 bits per heavy atom. The minimum absolute atomic E-state index is 0.0275. The number of esters is 1. The van der Waals surface area contributed by atoms with Crippen molar-refractivity contribution in [3.05, 3.63) is 65.2 Å². The van der Waals surface area contributed by atoms with Crippen molar-refractivity contribution in [3.8, 4) is 5.75 Å². The number of aromatic hydroxyl groups is 1. The second-order valence-electron chi connectivity index (χ2n) is 9.74. The summed E-state index contributed by atoms with van der Waals surface area (Å²) in [6.07, 6.45) is 7.17. The molecule has 4 heteroatoms. The van der Waals surface area contributed by atoms with Gasteiger partial charge in [0.25, 0.3) is 0 Å². The molecule has 31 heavy (non-hydrogen) atoms. The number of likely N-dealkylation sites (tertiary alicyclic amines) is 1. The lowest BCUT2D eigenvalue weighted by atomic mass is 9.93. The van der Waals surface area contributed by atoms with E-state index in [-0.39, 0.29) is 18.5 Å². The first-order chi connectivity index (χ1) is 15.2. The van der Waals surface area contributed by atoms with Gasteiger partial charge in [-0.25, -0.2) is 0 Å². The number of piperidine rings is 1. The van der Waals surface area contributed by atoms with E-state index in [0.29, 0.717) is 29.1 Å². The summed E-state index contributed by atoms with van der Waals surface area (Å²) in [7, 11) is 0. The molecule has 1 N–H and O–H groups in total. The van der Waals surface area contributed by atoms with Crippen LogP contribution in [0.25, 0.3) is 0 Å². The molecule has 1 saturated heterocycles. The second kappa shape index (κ2) is 9.04. The minimum Gasteiger partial charge on any atom is -0.507 e. The number of para-hydroxylation sites is 1. The van der Waals surface area contributed by atoms with E-state index in [4.69, 9.17) is 4.74 Å². The van der Waals surface area contributed by atoms with Crippen LogP contribution in [0.15, 0.2) is 48.5 Å². The highest BCUT2D eigenvalue weighted by Gasteiger charge is 2.44. The molecule has 164 valence electrons. The van der Waals surface area contributed by atoms with Gasteiger partial charge in [0.1, 0.15) is 11.9 Å². The molecule has 0 spiro atoms. The largest absolute Gasteiger partial charge is 0.507 e. The Balaban J connectivity index is 1.19. The van der Waals surface area contributed by atoms with Crippen LogP contribution in [0.2, 0.25) is 0 Å². The van der Waals surface area contributed by atoms with Crippen LogP contribution >= 0.6 is 0 Å². The highest BCUT2D eigenvalue weighted by molar-refractivity contribution is 5.74. The Morgan fingerprint density at radius 2 is 1.65 bits per heavy atom. The SMILES string of the molecule is O=C(Cc1cccc(C2CCCC2)c1O)OC1C2CCC1CN(Cc1ccccc1)C2. The number of fused-ring (bicyclic) bond motifs is 2. The highest BCUT2D eigenvalue weighted by Crippen LogP contribution is 2.41. The second-order valence-corrected chi connectivity index (χ2v) is 9.74. The quantitative estimate of drug-likeness (QED) is 0.666. The lowest BCUT2D eigenvalue weighted by Crippen LogP contribution is -2.46. The van der Waals surface area contributed by atoms with E-state index in [9.17, 15) is 9.90 Å². The molecular formula is C27H33NO3. The van der Waals surface area contributed by atoms with Crippen LogP contribution in [0, 0.1) is 11.8 Å². The van der Waals surface area contributed by atoms with Gasteiger partial charge in [0.2, 0.25) is 0 Å². The zero-order valence-corrected chi connectivity index (χ0v) is 18.2. The molecular weight excluding hydrogens is 386 g/mol. The normalized spacial score (nSPS) is 26.3. The molecule has 2 aliphatic carbocycles. The smallest absolute Gasteiger partial charge is 0.310 e. The number of hydrogen-bond donors (Lipinski definition) is 1. The number of phenols is 1. The number of carbonyl (C=O) groups is 1. The van der Waals surface area contributed by atoms with E-state index in [0.717, 1.165) is 50.9 Å². The number of nitrogens with zero attached hydrogens (tertiary/aromatic N) is 1. The van der Waals surface area contributed by atoms with Crippen molar-refractivity contribution >= 4 is 5.97 Å². The standard InChI is InChI=1S/C27H33NO3/c29-25(15-21-11-6-12-24(26(21)30)20-9-4-5-10-20)31-27-22-13-14-23(27)18-28(17-22)16-19-7-2-1-3-8-19/h1-3,6-8,11-12,20,22-23,27,30H,4-5,9-10,13-18H2. The predicted molar refractivity (Wildman–Crippen MR) is 121 cm³/mol. The maximum atomic E-state index is 12.8. The molecule has 2 aromatic carbocycles. The lowest BCUT2D eigenvalue weighted by Gasteiger charge is -2.37. The fourth-order valence-corrected chi connectivity index (χ4v) is 6.10. The molecule has 2 saturated carbocycles. The molecule has 3 aliphatic rings. The van der Waals surface area contributed by atoms with Gasteiger partial charge < -0.3 is 9.84 Å². The first-order valence-corrected chi connectivity index (χ1v) is 11.9. The fraction of sp³-hybridized carbons (Fsp3) is 0.519. The molecule has 0 radical (unpaired) electrons. The maximum absolute atomic E-state index is 12.8. The summed E-state index contributed by atoms with van der Waals surface area (Å²) < 4.78 is 6.02. The topological polar surface area (TPSA) is 49.8 Å². The van der Waals surface area contributed by atoms with Crippen LogP contribution in [0.4, 0.5) is 0 Å². The van der Waals surface area contributed by atoms with Crippen molar-refractivity contribution in [2.24, 2.45) is 11.8 Å². The summed E-state index contributed by atoms with van der Waals surface area (Å²) in [4.78, 5) is 15.3. The summed E-state index contributed by atoms with van der Waals surface area (Å²) in [5.74, 6) is 1.39. The Bertz CT molecular complexity index is 892. The third kappa shape index (κ3) is 4.50. The van der Waals surface area contributed by atoms with E-state index < -0.39 is 0 Å². The van der Waals surface area contributed by atoms with Crippen molar-refractivity contribution in [1.29, 1.82) is 0 Å². The molecule has 1 heterocycles. The van der Waals surface area contributed by atoms with E-state index in [1.165, 1.54) is 18.4 Å². The van der Waals surface area contributed by atoms with E-state index in [2.05, 4.69) is 35.2 Å². The van der Waals surface area contributed by atoms with Gasteiger partial charge in [0.15, 0.2) is 0 Å². The predicted octanol–water partition coefficient (Wildman–Crippen LogP) is 5.05. The van der Waals surface area contributed by atoms with Crippen LogP contribution in [-0.2, 0) is 22.5 Å². The van der Waals surface area contributed by atoms with Gasteiger partial charge in [-0.3, -0.25) is 9.69 Å². The lowest BCUT2D eigenvalue weighted by molar-refractivity contribution is -0.155. The van der Waals surface area contributed by atoms with Crippen LogP contribution in [0.3, 0.4) is 0 Å². The molecule has 3 fully saturated rings. The van der Waals surface area contributed by atoms with Gasteiger partial charge in [-0.05, 0) is 42.7 Å². The first kappa shape index (κ1) is 20.6. The summed E-state index contributed by atoms with van der Waals surface area (Å²) in [6.45, 7) is 2.95. The average Bonchev–Trinajstić information content (AvgIpc) is 3.37. The van der Waals surface area contributed by atoms with Gasteiger partial charge in [-0.15, -0.1) is 0 Å². The summed E-state index contributed by atoms with van der Waals surface area (Å²) in [5, 5.41) is 10.8. The monoisotopic (exact) mass is 419 g/mol. The Kier molecular flexibility index (Phi) is 5.99. The third-order valence-corrected chi connectivity index (χ3v) is 7.62. The zero-order valence-electron chi connectivity index (χ0n) is 18.2. The summed E-state index contributed by atoms with van der Waals surface area (Å²) in [5.41, 5.74) is 3.07.